The van der Waals surface area contributed by atoms with Gasteiger partial charge in [0.15, 0.2) is 5.96 Å². The van der Waals surface area contributed by atoms with Gasteiger partial charge in [0.1, 0.15) is 0 Å². The highest BCUT2D eigenvalue weighted by atomic mass is 32.1. The molecule has 0 bridgehead atoms. The first-order chi connectivity index (χ1) is 10.2. The third kappa shape index (κ3) is 4.71. The lowest BCUT2D eigenvalue weighted by Crippen LogP contribution is -2.40. The molecule has 0 amide bonds. The van der Waals surface area contributed by atoms with Gasteiger partial charge in [-0.05, 0) is 51.1 Å². The van der Waals surface area contributed by atoms with Crippen molar-refractivity contribution in [2.75, 3.05) is 20.1 Å². The van der Waals surface area contributed by atoms with Gasteiger partial charge in [-0.15, -0.1) is 11.3 Å². The fourth-order valence-corrected chi connectivity index (χ4v) is 3.12. The van der Waals surface area contributed by atoms with Gasteiger partial charge >= 0.3 is 0 Å². The summed E-state index contributed by atoms with van der Waals surface area (Å²) >= 11 is 1.79. The lowest BCUT2D eigenvalue weighted by atomic mass is 10.3. The summed E-state index contributed by atoms with van der Waals surface area (Å²) in [4.78, 5) is 8.55. The molecule has 0 saturated heterocycles. The van der Waals surface area contributed by atoms with Gasteiger partial charge in [-0.2, -0.15) is 0 Å². The van der Waals surface area contributed by atoms with Gasteiger partial charge in [0, 0.05) is 23.5 Å². The van der Waals surface area contributed by atoms with Crippen molar-refractivity contribution >= 4 is 17.3 Å². The average molecular weight is 306 g/mol. The number of nitrogens with zero attached hydrogens (tertiary/aromatic N) is 2. The molecule has 3 rings (SSSR count). The van der Waals surface area contributed by atoms with Crippen molar-refractivity contribution in [3.05, 3.63) is 22.4 Å². The quantitative estimate of drug-likeness (QED) is 0.601. The van der Waals surface area contributed by atoms with Gasteiger partial charge in [0.2, 0.25) is 0 Å². The zero-order valence-electron chi connectivity index (χ0n) is 13.0. The normalized spacial score (nSPS) is 20.6. The predicted octanol–water partition coefficient (Wildman–Crippen LogP) is 2.60. The second-order valence-corrected chi connectivity index (χ2v) is 7.22. The number of hydrogen-bond acceptors (Lipinski definition) is 3. The maximum Gasteiger partial charge on any atom is 0.192 e. The summed E-state index contributed by atoms with van der Waals surface area (Å²) < 4.78 is 0. The van der Waals surface area contributed by atoms with Crippen molar-refractivity contribution < 1.29 is 0 Å². The highest BCUT2D eigenvalue weighted by molar-refractivity contribution is 7.10. The smallest absolute Gasteiger partial charge is 0.192 e. The van der Waals surface area contributed by atoms with E-state index in [1.807, 2.05) is 0 Å². The first-order valence-electron chi connectivity index (χ1n) is 8.03. The maximum absolute atomic E-state index is 4.76. The van der Waals surface area contributed by atoms with E-state index in [1.165, 1.54) is 30.6 Å². The van der Waals surface area contributed by atoms with Crippen LogP contribution < -0.4 is 10.6 Å². The molecular formula is C16H26N4S. The van der Waals surface area contributed by atoms with Crippen molar-refractivity contribution in [1.29, 1.82) is 0 Å². The van der Waals surface area contributed by atoms with Crippen molar-refractivity contribution in [3.63, 3.8) is 0 Å². The lowest BCUT2D eigenvalue weighted by Gasteiger charge is -2.18. The molecule has 1 aromatic heterocycles. The summed E-state index contributed by atoms with van der Waals surface area (Å²) in [6, 6.07) is 6.05. The second-order valence-electron chi connectivity index (χ2n) is 6.24. The Hall–Kier alpha value is -1.07. The zero-order valence-corrected chi connectivity index (χ0v) is 13.8. The maximum atomic E-state index is 4.76. The van der Waals surface area contributed by atoms with E-state index in [4.69, 9.17) is 4.99 Å². The van der Waals surface area contributed by atoms with E-state index in [1.54, 1.807) is 11.3 Å². The van der Waals surface area contributed by atoms with Crippen LogP contribution in [0.5, 0.6) is 0 Å². The molecule has 2 saturated carbocycles. The molecule has 4 nitrogen and oxygen atoms in total. The number of nitrogens with one attached hydrogen (secondary N) is 2. The summed E-state index contributed by atoms with van der Waals surface area (Å²) in [6.07, 6.45) is 5.27. The van der Waals surface area contributed by atoms with Crippen molar-refractivity contribution in [2.24, 2.45) is 4.99 Å². The van der Waals surface area contributed by atoms with Crippen LogP contribution in [0.2, 0.25) is 0 Å². The highest BCUT2D eigenvalue weighted by Crippen LogP contribution is 2.24. The van der Waals surface area contributed by atoms with Crippen LogP contribution in [0.1, 0.15) is 43.5 Å². The first kappa shape index (κ1) is 14.9. The van der Waals surface area contributed by atoms with E-state index in [0.717, 1.165) is 25.1 Å². The van der Waals surface area contributed by atoms with Crippen LogP contribution in [0.4, 0.5) is 0 Å². The van der Waals surface area contributed by atoms with Crippen molar-refractivity contribution in [1.82, 2.24) is 15.5 Å². The topological polar surface area (TPSA) is 39.7 Å². The minimum atomic E-state index is 0.316. The number of rotatable bonds is 7. The van der Waals surface area contributed by atoms with Crippen molar-refractivity contribution in [2.45, 2.75) is 50.7 Å². The molecule has 2 N–H and O–H groups in total. The molecule has 1 aromatic rings. The van der Waals surface area contributed by atoms with Crippen LogP contribution in [0, 0.1) is 0 Å². The standard InChI is InChI=1S/C16H26N4S/c1-12(15-4-3-11-21-15)18-16(19-13-5-6-13)17-9-10-20(2)14-7-8-14/h3-4,11-14H,5-10H2,1-2H3,(H2,17,18,19). The predicted molar refractivity (Wildman–Crippen MR) is 90.0 cm³/mol. The fourth-order valence-electron chi connectivity index (χ4n) is 2.39. The minimum Gasteiger partial charge on any atom is -0.354 e. The van der Waals surface area contributed by atoms with Crippen LogP contribution in [0.3, 0.4) is 0 Å². The van der Waals surface area contributed by atoms with Gasteiger partial charge in [-0.1, -0.05) is 6.07 Å². The summed E-state index contributed by atoms with van der Waals surface area (Å²) in [5.41, 5.74) is 0. The Morgan fingerprint density at radius 2 is 2.24 bits per heavy atom. The molecule has 1 heterocycles. The highest BCUT2D eigenvalue weighted by Gasteiger charge is 2.26. The van der Waals surface area contributed by atoms with Gasteiger partial charge < -0.3 is 15.5 Å². The number of hydrogen-bond donors (Lipinski definition) is 2. The second kappa shape index (κ2) is 6.79. The summed E-state index contributed by atoms with van der Waals surface area (Å²) in [7, 11) is 2.21. The molecule has 0 aliphatic heterocycles. The Balaban J connectivity index is 1.51. The average Bonchev–Trinajstić information content (AvgIpc) is 3.39. The monoisotopic (exact) mass is 306 g/mol. The van der Waals surface area contributed by atoms with Gasteiger partial charge in [-0.3, -0.25) is 4.99 Å². The molecule has 2 fully saturated rings. The fraction of sp³-hybridized carbons (Fsp3) is 0.688. The Bertz CT molecular complexity index is 463. The third-order valence-electron chi connectivity index (χ3n) is 4.13. The molecule has 2 aliphatic carbocycles. The molecule has 0 aromatic carbocycles. The number of aliphatic imine (C=N–C) groups is 1. The number of thiophene rings is 1. The molecule has 116 valence electrons. The zero-order chi connectivity index (χ0) is 14.7. The van der Waals surface area contributed by atoms with Gasteiger partial charge in [0.25, 0.3) is 0 Å². The Labute approximate surface area is 131 Å². The molecule has 5 heteroatoms. The minimum absolute atomic E-state index is 0.316. The van der Waals surface area contributed by atoms with Crippen LogP contribution >= 0.6 is 11.3 Å². The van der Waals surface area contributed by atoms with Crippen molar-refractivity contribution in [3.8, 4) is 0 Å². The van der Waals surface area contributed by atoms with E-state index in [0.29, 0.717) is 12.1 Å². The van der Waals surface area contributed by atoms with Gasteiger partial charge in [-0.25, -0.2) is 0 Å². The summed E-state index contributed by atoms with van der Waals surface area (Å²) in [6.45, 7) is 4.12. The molecule has 1 atom stereocenters. The third-order valence-corrected chi connectivity index (χ3v) is 5.19. The van der Waals surface area contributed by atoms with Gasteiger partial charge in [0.05, 0.1) is 12.6 Å². The van der Waals surface area contributed by atoms with E-state index < -0.39 is 0 Å². The van der Waals surface area contributed by atoms with Crippen LogP contribution in [0.25, 0.3) is 0 Å². The Morgan fingerprint density at radius 3 is 2.86 bits per heavy atom. The number of likely N-dealkylation sites (N-methyl/N-ethyl adjacent to an activating group) is 1. The van der Waals surface area contributed by atoms with E-state index in [-0.39, 0.29) is 0 Å². The molecule has 1 unspecified atom stereocenters. The Morgan fingerprint density at radius 1 is 1.43 bits per heavy atom. The van der Waals surface area contributed by atoms with Crippen LogP contribution in [-0.4, -0.2) is 43.1 Å². The molecule has 0 radical (unpaired) electrons. The van der Waals surface area contributed by atoms with Crippen LogP contribution in [0.15, 0.2) is 22.5 Å². The van der Waals surface area contributed by atoms with E-state index in [9.17, 15) is 0 Å². The first-order valence-corrected chi connectivity index (χ1v) is 8.91. The van der Waals surface area contributed by atoms with Crippen LogP contribution in [-0.2, 0) is 0 Å². The van der Waals surface area contributed by atoms with E-state index in [2.05, 4.69) is 47.0 Å². The summed E-state index contributed by atoms with van der Waals surface area (Å²) in [5.74, 6) is 0.975. The molecule has 0 spiro atoms. The largest absolute Gasteiger partial charge is 0.354 e. The molecular weight excluding hydrogens is 280 g/mol. The lowest BCUT2D eigenvalue weighted by molar-refractivity contribution is 0.333. The SMILES string of the molecule is CC(NC(=NCCN(C)C1CC1)NC1CC1)c1cccs1. The number of guanidine groups is 1. The summed E-state index contributed by atoms with van der Waals surface area (Å²) in [5, 5.41) is 9.20. The molecule has 2 aliphatic rings. The van der Waals surface area contributed by atoms with E-state index >= 15 is 0 Å². The molecule has 21 heavy (non-hydrogen) atoms. The Kier molecular flexibility index (Phi) is 4.80.